The molecule has 0 amide bonds. The molecule has 0 aromatic carbocycles. The van der Waals surface area contributed by atoms with Crippen LogP contribution in [0.25, 0.3) is 0 Å². The molecular weight excluding hydrogens is 228 g/mol. The number of carboxylic acid groups (broad SMARTS) is 1. The molecule has 0 bridgehead atoms. The summed E-state index contributed by atoms with van der Waals surface area (Å²) >= 11 is 0. The Bertz CT molecular complexity index is 311. The Morgan fingerprint density at radius 3 is 1.82 bits per heavy atom. The lowest BCUT2D eigenvalue weighted by Gasteiger charge is -2.20. The molecule has 0 saturated heterocycles. The lowest BCUT2D eigenvalue weighted by molar-refractivity contribution is -0.143. The fraction of sp³-hybridized carbons (Fsp3) is 0.571. The van der Waals surface area contributed by atoms with Gasteiger partial charge >= 0.3 is 5.97 Å². The third kappa shape index (κ3) is 6.17. The first kappa shape index (κ1) is 14.9. The molecular formula is C7H18N8O2. The minimum Gasteiger partial charge on any atom is -0.479 e. The standard InChI is InChI=1S/C7H18N8O2/c8-5(9)14-3(15-6(10)11)1-2-7(12,13)4(16)17/h3H,1-2,12-13H2,(H,16,17)(H4,8,9,14)(H4,10,11,15). The van der Waals surface area contributed by atoms with Crippen molar-refractivity contribution in [1.29, 1.82) is 0 Å². The Morgan fingerprint density at radius 2 is 1.53 bits per heavy atom. The van der Waals surface area contributed by atoms with Gasteiger partial charge in [0.15, 0.2) is 17.6 Å². The maximum Gasteiger partial charge on any atom is 0.338 e. The van der Waals surface area contributed by atoms with Gasteiger partial charge in [-0.1, -0.05) is 0 Å². The Labute approximate surface area is 97.7 Å². The average Bonchev–Trinajstić information content (AvgIpc) is 2.12. The van der Waals surface area contributed by atoms with Crippen molar-refractivity contribution in [2.75, 3.05) is 0 Å². The number of nitrogens with two attached hydrogens (primary N) is 6. The Balaban J connectivity index is 4.63. The van der Waals surface area contributed by atoms with Gasteiger partial charge in [-0.3, -0.25) is 0 Å². The van der Waals surface area contributed by atoms with Crippen molar-refractivity contribution in [3.05, 3.63) is 0 Å². The minimum absolute atomic E-state index is 0.0924. The fourth-order valence-corrected chi connectivity index (χ4v) is 0.977. The molecule has 0 aliphatic carbocycles. The summed E-state index contributed by atoms with van der Waals surface area (Å²) in [6, 6.07) is 0. The molecule has 0 unspecified atom stereocenters. The van der Waals surface area contributed by atoms with Gasteiger partial charge in [0.25, 0.3) is 0 Å². The van der Waals surface area contributed by atoms with Crippen molar-refractivity contribution in [2.24, 2.45) is 44.4 Å². The van der Waals surface area contributed by atoms with E-state index in [9.17, 15) is 4.79 Å². The van der Waals surface area contributed by atoms with Crippen LogP contribution in [0.5, 0.6) is 0 Å². The molecule has 10 heteroatoms. The van der Waals surface area contributed by atoms with Crippen molar-refractivity contribution >= 4 is 17.9 Å². The van der Waals surface area contributed by atoms with Crippen molar-refractivity contribution in [1.82, 2.24) is 0 Å². The number of guanidine groups is 2. The number of aliphatic carboxylic acids is 1. The molecule has 0 heterocycles. The molecule has 0 saturated carbocycles. The van der Waals surface area contributed by atoms with Gasteiger partial charge in [-0.2, -0.15) is 0 Å². The van der Waals surface area contributed by atoms with Gasteiger partial charge < -0.3 is 39.5 Å². The predicted octanol–water partition coefficient (Wildman–Crippen LogP) is -3.66. The number of carboxylic acids is 1. The van der Waals surface area contributed by atoms with Crippen LogP contribution < -0.4 is 34.4 Å². The summed E-state index contributed by atoms with van der Waals surface area (Å²) in [6.07, 6.45) is -0.814. The van der Waals surface area contributed by atoms with E-state index >= 15 is 0 Å². The zero-order chi connectivity index (χ0) is 13.6. The first-order valence-electron chi connectivity index (χ1n) is 4.64. The second kappa shape index (κ2) is 5.86. The van der Waals surface area contributed by atoms with E-state index in [0.717, 1.165) is 0 Å². The number of rotatable bonds is 6. The number of nitrogens with zero attached hydrogens (tertiary/aromatic N) is 2. The SMILES string of the molecule is NC(N)=NC(CCC(N)(N)C(=O)O)N=C(N)N. The number of hydrogen-bond donors (Lipinski definition) is 7. The quantitative estimate of drug-likeness (QED) is 0.140. The summed E-state index contributed by atoms with van der Waals surface area (Å²) < 4.78 is 0. The van der Waals surface area contributed by atoms with Crippen LogP contribution in [0.3, 0.4) is 0 Å². The van der Waals surface area contributed by atoms with E-state index in [1.807, 2.05) is 0 Å². The maximum atomic E-state index is 10.7. The summed E-state index contributed by atoms with van der Waals surface area (Å²) in [5.41, 5.74) is 29.4. The first-order chi connectivity index (χ1) is 7.65. The number of aliphatic imine (C=N–C) groups is 2. The zero-order valence-electron chi connectivity index (χ0n) is 9.21. The highest BCUT2D eigenvalue weighted by molar-refractivity contribution is 5.78. The lowest BCUT2D eigenvalue weighted by Crippen LogP contribution is -2.56. The molecule has 0 rings (SSSR count). The Hall–Kier alpha value is -2.07. The summed E-state index contributed by atoms with van der Waals surface area (Å²) in [6.45, 7) is 0. The Kier molecular flexibility index (Phi) is 5.15. The second-order valence-electron chi connectivity index (χ2n) is 3.47. The van der Waals surface area contributed by atoms with Crippen molar-refractivity contribution < 1.29 is 9.90 Å². The molecule has 0 aliphatic rings. The van der Waals surface area contributed by atoms with E-state index in [0.29, 0.717) is 0 Å². The molecule has 98 valence electrons. The van der Waals surface area contributed by atoms with E-state index in [1.54, 1.807) is 0 Å². The molecule has 13 N–H and O–H groups in total. The van der Waals surface area contributed by atoms with Crippen LogP contribution >= 0.6 is 0 Å². The van der Waals surface area contributed by atoms with Crippen LogP contribution in [0.2, 0.25) is 0 Å². The molecule has 0 fully saturated rings. The van der Waals surface area contributed by atoms with E-state index in [2.05, 4.69) is 9.98 Å². The summed E-state index contributed by atoms with van der Waals surface area (Å²) in [4.78, 5) is 18.1. The van der Waals surface area contributed by atoms with E-state index < -0.39 is 17.8 Å². The van der Waals surface area contributed by atoms with E-state index in [4.69, 9.17) is 39.5 Å². The predicted molar refractivity (Wildman–Crippen MR) is 63.4 cm³/mol. The van der Waals surface area contributed by atoms with Crippen LogP contribution in [0.15, 0.2) is 9.98 Å². The van der Waals surface area contributed by atoms with Gasteiger partial charge in [0.2, 0.25) is 0 Å². The minimum atomic E-state index is -1.88. The molecule has 17 heavy (non-hydrogen) atoms. The highest BCUT2D eigenvalue weighted by Gasteiger charge is 2.29. The molecule has 0 aliphatic heterocycles. The normalized spacial score (nSPS) is 11.0. The number of hydrogen-bond acceptors (Lipinski definition) is 5. The lowest BCUT2D eigenvalue weighted by atomic mass is 10.1. The van der Waals surface area contributed by atoms with Crippen LogP contribution in [0, 0.1) is 0 Å². The molecule has 0 aromatic heterocycles. The van der Waals surface area contributed by atoms with Gasteiger partial charge in [-0.25, -0.2) is 14.8 Å². The van der Waals surface area contributed by atoms with Crippen molar-refractivity contribution in [2.45, 2.75) is 24.7 Å². The highest BCUT2D eigenvalue weighted by atomic mass is 16.4. The zero-order valence-corrected chi connectivity index (χ0v) is 9.21. The van der Waals surface area contributed by atoms with Gasteiger partial charge in [0, 0.05) is 0 Å². The third-order valence-electron chi connectivity index (χ3n) is 1.81. The van der Waals surface area contributed by atoms with Gasteiger partial charge in [0.1, 0.15) is 6.17 Å². The van der Waals surface area contributed by atoms with Crippen LogP contribution in [-0.2, 0) is 4.79 Å². The molecule has 0 aromatic rings. The topological polar surface area (TPSA) is 218 Å². The summed E-state index contributed by atoms with van der Waals surface area (Å²) in [5.74, 6) is -1.80. The maximum absolute atomic E-state index is 10.7. The second-order valence-corrected chi connectivity index (χ2v) is 3.47. The molecule has 10 nitrogen and oxygen atoms in total. The summed E-state index contributed by atoms with van der Waals surface area (Å²) in [5, 5.41) is 8.70. The smallest absolute Gasteiger partial charge is 0.338 e. The first-order valence-corrected chi connectivity index (χ1v) is 4.64. The van der Waals surface area contributed by atoms with Gasteiger partial charge in [-0.05, 0) is 12.8 Å². The monoisotopic (exact) mass is 246 g/mol. The van der Waals surface area contributed by atoms with Crippen molar-refractivity contribution in [3.8, 4) is 0 Å². The van der Waals surface area contributed by atoms with Gasteiger partial charge in [-0.15, -0.1) is 0 Å². The molecule has 0 radical (unpaired) electrons. The fourth-order valence-electron chi connectivity index (χ4n) is 0.977. The largest absolute Gasteiger partial charge is 0.479 e. The van der Waals surface area contributed by atoms with Crippen LogP contribution in [-0.4, -0.2) is 34.8 Å². The van der Waals surface area contributed by atoms with E-state index in [1.165, 1.54) is 0 Å². The third-order valence-corrected chi connectivity index (χ3v) is 1.81. The van der Waals surface area contributed by atoms with Crippen LogP contribution in [0.1, 0.15) is 12.8 Å². The van der Waals surface area contributed by atoms with Gasteiger partial charge in [0.05, 0.1) is 0 Å². The Morgan fingerprint density at radius 1 is 1.12 bits per heavy atom. The molecule has 0 spiro atoms. The van der Waals surface area contributed by atoms with Crippen molar-refractivity contribution in [3.63, 3.8) is 0 Å². The summed E-state index contributed by atoms with van der Waals surface area (Å²) in [7, 11) is 0. The highest BCUT2D eigenvalue weighted by Crippen LogP contribution is 2.09. The van der Waals surface area contributed by atoms with E-state index in [-0.39, 0.29) is 24.8 Å². The molecule has 0 atom stereocenters. The number of carbonyl (C=O) groups is 1. The average molecular weight is 246 g/mol. The van der Waals surface area contributed by atoms with Crippen LogP contribution in [0.4, 0.5) is 0 Å².